The summed E-state index contributed by atoms with van der Waals surface area (Å²) in [5.74, 6) is 0.929. The molecule has 1 saturated carbocycles. The van der Waals surface area contributed by atoms with Gasteiger partial charge in [0, 0.05) is 17.3 Å². The highest BCUT2D eigenvalue weighted by Crippen LogP contribution is 2.22. The molecule has 1 fully saturated rings. The molecule has 5 heteroatoms. The van der Waals surface area contributed by atoms with Crippen LogP contribution in [0.4, 0.5) is 0 Å². The van der Waals surface area contributed by atoms with Crippen LogP contribution in [0.3, 0.4) is 0 Å². The number of rotatable bonds is 4. The zero-order valence-electron chi connectivity index (χ0n) is 13.4. The molecule has 1 aliphatic rings. The van der Waals surface area contributed by atoms with Gasteiger partial charge in [-0.05, 0) is 37.8 Å². The first-order valence-electron chi connectivity index (χ1n) is 7.82. The number of benzene rings is 1. The van der Waals surface area contributed by atoms with Gasteiger partial charge in [0.15, 0.2) is 0 Å². The Hall–Kier alpha value is -2.04. The van der Waals surface area contributed by atoms with E-state index in [9.17, 15) is 4.79 Å². The SMILES string of the molecule is COc1cc(OC)cc(C(=O)NN=C2CCCCCCC2)c1. The Labute approximate surface area is 131 Å². The molecule has 1 N–H and O–H groups in total. The molecule has 0 bridgehead atoms. The molecule has 1 aromatic rings. The van der Waals surface area contributed by atoms with Gasteiger partial charge < -0.3 is 9.47 Å². The Balaban J connectivity index is 2.04. The predicted molar refractivity (Wildman–Crippen MR) is 86.8 cm³/mol. The van der Waals surface area contributed by atoms with E-state index in [0.29, 0.717) is 17.1 Å². The maximum atomic E-state index is 12.2. The summed E-state index contributed by atoms with van der Waals surface area (Å²) in [4.78, 5) is 12.2. The number of nitrogens with zero attached hydrogens (tertiary/aromatic N) is 1. The Bertz CT molecular complexity index is 508. The van der Waals surface area contributed by atoms with Crippen LogP contribution in [-0.2, 0) is 0 Å². The van der Waals surface area contributed by atoms with E-state index in [1.807, 2.05) is 0 Å². The van der Waals surface area contributed by atoms with Gasteiger partial charge in [-0.25, -0.2) is 5.43 Å². The average Bonchev–Trinajstić information content (AvgIpc) is 2.53. The fraction of sp³-hybridized carbons (Fsp3) is 0.529. The second-order valence-corrected chi connectivity index (χ2v) is 5.49. The van der Waals surface area contributed by atoms with Crippen molar-refractivity contribution in [1.29, 1.82) is 0 Å². The van der Waals surface area contributed by atoms with E-state index in [-0.39, 0.29) is 5.91 Å². The van der Waals surface area contributed by atoms with Crippen molar-refractivity contribution in [2.24, 2.45) is 5.10 Å². The lowest BCUT2D eigenvalue weighted by Gasteiger charge is -2.11. The van der Waals surface area contributed by atoms with Gasteiger partial charge >= 0.3 is 0 Å². The van der Waals surface area contributed by atoms with Crippen LogP contribution in [0.1, 0.15) is 55.3 Å². The minimum atomic E-state index is -0.244. The first-order valence-corrected chi connectivity index (χ1v) is 7.82. The highest BCUT2D eigenvalue weighted by Gasteiger charge is 2.10. The number of amides is 1. The van der Waals surface area contributed by atoms with E-state index in [1.54, 1.807) is 32.4 Å². The molecule has 1 amide bonds. The van der Waals surface area contributed by atoms with Crippen molar-refractivity contribution in [2.45, 2.75) is 44.9 Å². The molecular formula is C17H24N2O3. The number of hydrazone groups is 1. The molecule has 0 spiro atoms. The van der Waals surface area contributed by atoms with Crippen molar-refractivity contribution in [3.8, 4) is 11.5 Å². The summed E-state index contributed by atoms with van der Waals surface area (Å²) in [6.45, 7) is 0. The number of carbonyl (C=O) groups excluding carboxylic acids is 1. The third kappa shape index (κ3) is 4.76. The topological polar surface area (TPSA) is 59.9 Å². The number of nitrogens with one attached hydrogen (secondary N) is 1. The van der Waals surface area contributed by atoms with Crippen molar-refractivity contribution in [1.82, 2.24) is 5.43 Å². The van der Waals surface area contributed by atoms with Crippen molar-refractivity contribution >= 4 is 11.6 Å². The number of methoxy groups -OCH3 is 2. The Morgan fingerprint density at radius 3 is 2.05 bits per heavy atom. The number of ether oxygens (including phenoxy) is 2. The van der Waals surface area contributed by atoms with E-state index in [2.05, 4.69) is 10.5 Å². The molecular weight excluding hydrogens is 280 g/mol. The summed E-state index contributed by atoms with van der Waals surface area (Å²) in [5, 5.41) is 4.31. The van der Waals surface area contributed by atoms with Crippen LogP contribution in [0.25, 0.3) is 0 Å². The average molecular weight is 304 g/mol. The molecule has 1 aliphatic carbocycles. The molecule has 1 aromatic carbocycles. The Kier molecular flexibility index (Phi) is 6.25. The zero-order chi connectivity index (χ0) is 15.8. The smallest absolute Gasteiger partial charge is 0.271 e. The number of hydrogen-bond donors (Lipinski definition) is 1. The minimum Gasteiger partial charge on any atom is -0.497 e. The van der Waals surface area contributed by atoms with Crippen molar-refractivity contribution in [3.05, 3.63) is 23.8 Å². The zero-order valence-corrected chi connectivity index (χ0v) is 13.4. The van der Waals surface area contributed by atoms with Crippen LogP contribution in [0, 0.1) is 0 Å². The Morgan fingerprint density at radius 2 is 1.50 bits per heavy atom. The molecule has 0 saturated heterocycles. The summed E-state index contributed by atoms with van der Waals surface area (Å²) in [6, 6.07) is 5.09. The molecule has 0 aliphatic heterocycles. The predicted octanol–water partition coefficient (Wildman–Crippen LogP) is 3.53. The van der Waals surface area contributed by atoms with E-state index in [0.717, 1.165) is 31.4 Å². The summed E-state index contributed by atoms with van der Waals surface area (Å²) in [5.41, 5.74) is 4.22. The van der Waals surface area contributed by atoms with Crippen LogP contribution < -0.4 is 14.9 Å². The first-order chi connectivity index (χ1) is 10.7. The summed E-state index contributed by atoms with van der Waals surface area (Å²) in [7, 11) is 3.12. The van der Waals surface area contributed by atoms with E-state index < -0.39 is 0 Å². The summed E-state index contributed by atoms with van der Waals surface area (Å²) >= 11 is 0. The van der Waals surface area contributed by atoms with Crippen molar-refractivity contribution < 1.29 is 14.3 Å². The molecule has 120 valence electrons. The second kappa shape index (κ2) is 8.41. The molecule has 0 aromatic heterocycles. The van der Waals surface area contributed by atoms with Crippen LogP contribution >= 0.6 is 0 Å². The van der Waals surface area contributed by atoms with Crippen LogP contribution in [0.2, 0.25) is 0 Å². The molecule has 22 heavy (non-hydrogen) atoms. The summed E-state index contributed by atoms with van der Waals surface area (Å²) in [6.07, 6.45) is 8.07. The molecule has 2 rings (SSSR count). The van der Waals surface area contributed by atoms with Crippen LogP contribution in [-0.4, -0.2) is 25.8 Å². The van der Waals surface area contributed by atoms with Crippen molar-refractivity contribution in [2.75, 3.05) is 14.2 Å². The van der Waals surface area contributed by atoms with E-state index >= 15 is 0 Å². The molecule has 5 nitrogen and oxygen atoms in total. The van der Waals surface area contributed by atoms with Crippen molar-refractivity contribution in [3.63, 3.8) is 0 Å². The fourth-order valence-electron chi connectivity index (χ4n) is 2.56. The Morgan fingerprint density at radius 1 is 0.955 bits per heavy atom. The lowest BCUT2D eigenvalue weighted by molar-refractivity contribution is 0.0954. The normalized spacial score (nSPS) is 15.5. The maximum Gasteiger partial charge on any atom is 0.271 e. The van der Waals surface area contributed by atoms with Gasteiger partial charge in [-0.15, -0.1) is 0 Å². The molecule has 0 unspecified atom stereocenters. The highest BCUT2D eigenvalue weighted by atomic mass is 16.5. The fourth-order valence-corrected chi connectivity index (χ4v) is 2.56. The van der Waals surface area contributed by atoms with Gasteiger partial charge in [0.25, 0.3) is 5.91 Å². The van der Waals surface area contributed by atoms with Gasteiger partial charge in [-0.3, -0.25) is 4.79 Å². The third-order valence-corrected chi connectivity index (χ3v) is 3.86. The van der Waals surface area contributed by atoms with E-state index in [1.165, 1.54) is 19.3 Å². The molecule has 0 heterocycles. The monoisotopic (exact) mass is 304 g/mol. The number of carbonyl (C=O) groups is 1. The minimum absolute atomic E-state index is 0.244. The van der Waals surface area contributed by atoms with Gasteiger partial charge in [-0.2, -0.15) is 5.10 Å². The third-order valence-electron chi connectivity index (χ3n) is 3.86. The van der Waals surface area contributed by atoms with Gasteiger partial charge in [-0.1, -0.05) is 19.3 Å². The quantitative estimate of drug-likeness (QED) is 0.866. The maximum absolute atomic E-state index is 12.2. The van der Waals surface area contributed by atoms with Crippen LogP contribution in [0.15, 0.2) is 23.3 Å². The first kappa shape index (κ1) is 16.3. The van der Waals surface area contributed by atoms with Gasteiger partial charge in [0.1, 0.15) is 11.5 Å². The summed E-state index contributed by atoms with van der Waals surface area (Å²) < 4.78 is 10.4. The second-order valence-electron chi connectivity index (χ2n) is 5.49. The lowest BCUT2D eigenvalue weighted by atomic mass is 9.99. The van der Waals surface area contributed by atoms with Gasteiger partial charge in [0.05, 0.1) is 14.2 Å². The molecule has 0 radical (unpaired) electrons. The van der Waals surface area contributed by atoms with E-state index in [4.69, 9.17) is 9.47 Å². The lowest BCUT2D eigenvalue weighted by Crippen LogP contribution is -2.20. The standard InChI is InChI=1S/C17H24N2O3/c1-21-15-10-13(11-16(12-15)22-2)17(20)19-18-14-8-6-4-3-5-7-9-14/h10-12H,3-9H2,1-2H3,(H,19,20). The highest BCUT2D eigenvalue weighted by molar-refractivity contribution is 5.96. The van der Waals surface area contributed by atoms with Crippen LogP contribution in [0.5, 0.6) is 11.5 Å². The molecule has 0 atom stereocenters. The number of hydrogen-bond acceptors (Lipinski definition) is 4. The van der Waals surface area contributed by atoms with Gasteiger partial charge in [0.2, 0.25) is 0 Å². The largest absolute Gasteiger partial charge is 0.497 e.